The van der Waals surface area contributed by atoms with Crippen LogP contribution in [0.5, 0.6) is 0 Å². The van der Waals surface area contributed by atoms with E-state index in [0.29, 0.717) is 0 Å². The van der Waals surface area contributed by atoms with Gasteiger partial charge in [0.2, 0.25) is 0 Å². The standard InChI is InChI=1S/C11H7F2N5S.ClH/c12-5-3-6-8(9(14)15)17-18(10(6)16-4-5)11-7(13)1-2-19-11;/h1-4H,(H3,14,15);1H. The lowest BCUT2D eigenvalue weighted by atomic mass is 10.2. The molecule has 0 fully saturated rings. The molecule has 3 aromatic rings. The van der Waals surface area contributed by atoms with Crippen LogP contribution < -0.4 is 5.73 Å². The van der Waals surface area contributed by atoms with Crippen molar-refractivity contribution >= 4 is 40.6 Å². The molecule has 0 saturated heterocycles. The van der Waals surface area contributed by atoms with Gasteiger partial charge >= 0.3 is 0 Å². The molecule has 3 heterocycles. The smallest absolute Gasteiger partial charge is 0.164 e. The summed E-state index contributed by atoms with van der Waals surface area (Å²) in [6.45, 7) is 0. The third kappa shape index (κ3) is 2.12. The monoisotopic (exact) mass is 315 g/mol. The normalized spacial score (nSPS) is 10.5. The molecule has 3 N–H and O–H groups in total. The van der Waals surface area contributed by atoms with Gasteiger partial charge in [0.05, 0.1) is 11.6 Å². The van der Waals surface area contributed by atoms with Crippen LogP contribution in [-0.2, 0) is 0 Å². The molecule has 0 aromatic carbocycles. The highest BCUT2D eigenvalue weighted by molar-refractivity contribution is 7.12. The number of amidine groups is 1. The Morgan fingerprint density at radius 3 is 2.75 bits per heavy atom. The predicted molar refractivity (Wildman–Crippen MR) is 74.9 cm³/mol. The summed E-state index contributed by atoms with van der Waals surface area (Å²) in [5.74, 6) is -1.36. The van der Waals surface area contributed by atoms with Gasteiger partial charge in [0.25, 0.3) is 0 Å². The van der Waals surface area contributed by atoms with E-state index < -0.39 is 11.6 Å². The van der Waals surface area contributed by atoms with Crippen LogP contribution in [0.25, 0.3) is 16.0 Å². The topological polar surface area (TPSA) is 80.6 Å². The molecule has 0 aliphatic heterocycles. The number of rotatable bonds is 2. The molecule has 9 heteroatoms. The number of hydrogen-bond acceptors (Lipinski definition) is 4. The second-order valence-electron chi connectivity index (χ2n) is 3.77. The molecule has 0 unspecified atom stereocenters. The Morgan fingerprint density at radius 1 is 1.40 bits per heavy atom. The highest BCUT2D eigenvalue weighted by Crippen LogP contribution is 2.25. The van der Waals surface area contributed by atoms with Crippen molar-refractivity contribution < 1.29 is 8.78 Å². The summed E-state index contributed by atoms with van der Waals surface area (Å²) < 4.78 is 28.1. The summed E-state index contributed by atoms with van der Waals surface area (Å²) in [6, 6.07) is 2.47. The lowest BCUT2D eigenvalue weighted by Gasteiger charge is -1.98. The van der Waals surface area contributed by atoms with Crippen LogP contribution in [0.15, 0.2) is 23.7 Å². The second-order valence-corrected chi connectivity index (χ2v) is 4.67. The molecule has 3 rings (SSSR count). The van der Waals surface area contributed by atoms with E-state index in [1.807, 2.05) is 0 Å². The van der Waals surface area contributed by atoms with E-state index in [-0.39, 0.29) is 40.0 Å². The summed E-state index contributed by atoms with van der Waals surface area (Å²) in [4.78, 5) is 3.89. The first-order valence-electron chi connectivity index (χ1n) is 5.20. The van der Waals surface area contributed by atoms with Gasteiger partial charge in [0.1, 0.15) is 17.3 Å². The molecule has 5 nitrogen and oxygen atoms in total. The largest absolute Gasteiger partial charge is 0.382 e. The molecular formula is C11H8ClF2N5S. The number of nitrogen functional groups attached to an aromatic ring is 1. The van der Waals surface area contributed by atoms with Crippen molar-refractivity contribution in [3.05, 3.63) is 41.0 Å². The summed E-state index contributed by atoms with van der Waals surface area (Å²) in [5.41, 5.74) is 5.74. The van der Waals surface area contributed by atoms with Crippen LogP contribution in [0.4, 0.5) is 8.78 Å². The van der Waals surface area contributed by atoms with Crippen molar-refractivity contribution in [3.8, 4) is 5.00 Å². The Hall–Kier alpha value is -2.06. The maximum absolute atomic E-state index is 13.6. The molecular weight excluding hydrogens is 308 g/mol. The number of halogens is 3. The number of aromatic nitrogens is 3. The van der Waals surface area contributed by atoms with Gasteiger partial charge in [-0.2, -0.15) is 5.10 Å². The highest BCUT2D eigenvalue weighted by atomic mass is 35.5. The predicted octanol–water partition coefficient (Wildman–Crippen LogP) is 2.47. The van der Waals surface area contributed by atoms with E-state index in [2.05, 4.69) is 10.1 Å². The van der Waals surface area contributed by atoms with Gasteiger partial charge in [0, 0.05) is 0 Å². The molecule has 0 aliphatic rings. The van der Waals surface area contributed by atoms with Gasteiger partial charge in [-0.25, -0.2) is 18.4 Å². The first kappa shape index (κ1) is 14.4. The molecule has 0 spiro atoms. The molecule has 20 heavy (non-hydrogen) atoms. The van der Waals surface area contributed by atoms with E-state index in [9.17, 15) is 8.78 Å². The average molecular weight is 316 g/mol. The zero-order chi connectivity index (χ0) is 13.6. The number of pyridine rings is 1. The molecule has 0 radical (unpaired) electrons. The molecule has 0 bridgehead atoms. The Kier molecular flexibility index (Phi) is 3.69. The number of fused-ring (bicyclic) bond motifs is 1. The summed E-state index contributed by atoms with van der Waals surface area (Å²) >= 11 is 1.13. The minimum Gasteiger partial charge on any atom is -0.382 e. The minimum atomic E-state index is -0.568. The number of hydrogen-bond donors (Lipinski definition) is 2. The number of nitrogens with one attached hydrogen (secondary N) is 1. The van der Waals surface area contributed by atoms with Gasteiger partial charge < -0.3 is 5.73 Å². The summed E-state index contributed by atoms with van der Waals surface area (Å²) in [7, 11) is 0. The van der Waals surface area contributed by atoms with E-state index in [0.717, 1.165) is 17.5 Å². The third-order valence-corrected chi connectivity index (χ3v) is 3.40. The second kappa shape index (κ2) is 5.14. The average Bonchev–Trinajstić information content (AvgIpc) is 2.92. The Bertz CT molecular complexity index is 797. The van der Waals surface area contributed by atoms with E-state index >= 15 is 0 Å². The maximum Gasteiger partial charge on any atom is 0.164 e. The Balaban J connectivity index is 0.00000147. The SMILES string of the molecule is Cl.N=C(N)c1nn(-c2sccc2F)c2ncc(F)cc12. The van der Waals surface area contributed by atoms with Gasteiger partial charge in [-0.05, 0) is 17.5 Å². The summed E-state index contributed by atoms with van der Waals surface area (Å²) in [5, 5.41) is 13.5. The van der Waals surface area contributed by atoms with Crippen LogP contribution in [-0.4, -0.2) is 20.6 Å². The van der Waals surface area contributed by atoms with Gasteiger partial charge in [-0.15, -0.1) is 23.7 Å². The fourth-order valence-corrected chi connectivity index (χ4v) is 2.48. The van der Waals surface area contributed by atoms with Crippen molar-refractivity contribution in [3.63, 3.8) is 0 Å². The van der Waals surface area contributed by atoms with Gasteiger partial charge in [-0.1, -0.05) is 0 Å². The third-order valence-electron chi connectivity index (χ3n) is 2.53. The first-order valence-corrected chi connectivity index (χ1v) is 6.08. The van der Waals surface area contributed by atoms with E-state index in [4.69, 9.17) is 11.1 Å². The quantitative estimate of drug-likeness (QED) is 0.563. The highest BCUT2D eigenvalue weighted by Gasteiger charge is 2.18. The minimum absolute atomic E-state index is 0. The lowest BCUT2D eigenvalue weighted by molar-refractivity contribution is 0.618. The zero-order valence-corrected chi connectivity index (χ0v) is 11.4. The van der Waals surface area contributed by atoms with Crippen molar-refractivity contribution in [1.82, 2.24) is 14.8 Å². The lowest BCUT2D eigenvalue weighted by Crippen LogP contribution is -2.12. The van der Waals surface area contributed by atoms with Crippen LogP contribution >= 0.6 is 23.7 Å². The molecule has 0 aliphatic carbocycles. The number of nitrogens with two attached hydrogens (primary N) is 1. The van der Waals surface area contributed by atoms with Crippen molar-refractivity contribution in [1.29, 1.82) is 5.41 Å². The fraction of sp³-hybridized carbons (Fsp3) is 0. The van der Waals surface area contributed by atoms with Crippen molar-refractivity contribution in [2.75, 3.05) is 0 Å². The van der Waals surface area contributed by atoms with Crippen molar-refractivity contribution in [2.24, 2.45) is 5.73 Å². The van der Waals surface area contributed by atoms with Crippen LogP contribution in [0, 0.1) is 17.0 Å². The van der Waals surface area contributed by atoms with Crippen molar-refractivity contribution in [2.45, 2.75) is 0 Å². The molecule has 0 saturated carbocycles. The van der Waals surface area contributed by atoms with Crippen LogP contribution in [0.2, 0.25) is 0 Å². The molecule has 3 aromatic heterocycles. The maximum atomic E-state index is 13.6. The Labute approximate surface area is 122 Å². The number of nitrogens with zero attached hydrogens (tertiary/aromatic N) is 3. The molecule has 0 amide bonds. The first-order chi connectivity index (χ1) is 9.08. The summed E-state index contributed by atoms with van der Waals surface area (Å²) in [6.07, 6.45) is 1.01. The van der Waals surface area contributed by atoms with Gasteiger partial charge in [-0.3, -0.25) is 5.41 Å². The molecule has 104 valence electrons. The Morgan fingerprint density at radius 2 is 2.15 bits per heavy atom. The van der Waals surface area contributed by atoms with E-state index in [1.54, 1.807) is 5.38 Å². The van der Waals surface area contributed by atoms with Gasteiger partial charge in [0.15, 0.2) is 16.5 Å². The zero-order valence-electron chi connectivity index (χ0n) is 9.80. The van der Waals surface area contributed by atoms with Crippen LogP contribution in [0.1, 0.15) is 5.69 Å². The van der Waals surface area contributed by atoms with E-state index in [1.165, 1.54) is 16.8 Å². The fourth-order valence-electron chi connectivity index (χ4n) is 1.75. The number of thiophene rings is 1. The molecule has 0 atom stereocenters. The van der Waals surface area contributed by atoms with Crippen LogP contribution in [0.3, 0.4) is 0 Å².